The predicted molar refractivity (Wildman–Crippen MR) is 81.6 cm³/mol. The highest BCUT2D eigenvalue weighted by atomic mass is 32.2. The summed E-state index contributed by atoms with van der Waals surface area (Å²) in [6, 6.07) is 9.41. The highest BCUT2D eigenvalue weighted by Gasteiger charge is 2.05. The van der Waals surface area contributed by atoms with E-state index in [-0.39, 0.29) is 24.7 Å². The van der Waals surface area contributed by atoms with Gasteiger partial charge in [0.15, 0.2) is 0 Å². The molecule has 1 aromatic rings. The molecule has 1 aromatic carbocycles. The van der Waals surface area contributed by atoms with Gasteiger partial charge in [0.2, 0.25) is 15.9 Å². The Kier molecular flexibility index (Phi) is 7.78. The summed E-state index contributed by atoms with van der Waals surface area (Å²) >= 11 is 0. The third-order valence-corrected chi connectivity index (χ3v) is 4.11. The Morgan fingerprint density at radius 3 is 2.57 bits per heavy atom. The van der Waals surface area contributed by atoms with Gasteiger partial charge in [0, 0.05) is 19.5 Å². The van der Waals surface area contributed by atoms with Crippen molar-refractivity contribution in [3.05, 3.63) is 30.3 Å². The van der Waals surface area contributed by atoms with Gasteiger partial charge in [-0.2, -0.15) is 0 Å². The van der Waals surface area contributed by atoms with Crippen molar-refractivity contribution < 1.29 is 17.9 Å². The second kappa shape index (κ2) is 9.36. The molecule has 1 amide bonds. The minimum Gasteiger partial charge on any atom is -0.494 e. The molecule has 0 unspecified atom stereocenters. The lowest BCUT2D eigenvalue weighted by Gasteiger charge is -2.07. The van der Waals surface area contributed by atoms with Crippen LogP contribution in [0.15, 0.2) is 30.3 Å². The van der Waals surface area contributed by atoms with Gasteiger partial charge < -0.3 is 10.1 Å². The van der Waals surface area contributed by atoms with Gasteiger partial charge in [-0.1, -0.05) is 18.2 Å². The van der Waals surface area contributed by atoms with Crippen molar-refractivity contribution >= 4 is 15.9 Å². The van der Waals surface area contributed by atoms with Crippen LogP contribution in [0.4, 0.5) is 0 Å². The van der Waals surface area contributed by atoms with Crippen LogP contribution >= 0.6 is 0 Å². The quantitative estimate of drug-likeness (QED) is 0.629. The molecule has 1 rings (SSSR count). The smallest absolute Gasteiger partial charge is 0.220 e. The number of amides is 1. The minimum absolute atomic E-state index is 0.0395. The lowest BCUT2D eigenvalue weighted by Crippen LogP contribution is -2.35. The van der Waals surface area contributed by atoms with E-state index in [0.717, 1.165) is 5.75 Å². The van der Waals surface area contributed by atoms with Gasteiger partial charge in [0.05, 0.1) is 12.4 Å². The number of hydrogen-bond acceptors (Lipinski definition) is 4. The molecule has 21 heavy (non-hydrogen) atoms. The van der Waals surface area contributed by atoms with Crippen LogP contribution in [0, 0.1) is 0 Å². The van der Waals surface area contributed by atoms with E-state index in [9.17, 15) is 13.2 Å². The summed E-state index contributed by atoms with van der Waals surface area (Å²) in [4.78, 5) is 11.5. The molecule has 0 aliphatic rings. The molecular weight excluding hydrogens is 292 g/mol. The van der Waals surface area contributed by atoms with E-state index >= 15 is 0 Å². The highest BCUT2D eigenvalue weighted by Crippen LogP contribution is 2.08. The van der Waals surface area contributed by atoms with E-state index in [0.29, 0.717) is 19.4 Å². The summed E-state index contributed by atoms with van der Waals surface area (Å²) in [6.07, 6.45) is 0.967. The number of carbonyl (C=O) groups excluding carboxylic acids is 1. The topological polar surface area (TPSA) is 84.5 Å². The van der Waals surface area contributed by atoms with E-state index < -0.39 is 10.0 Å². The number of benzene rings is 1. The second-order valence-electron chi connectivity index (χ2n) is 4.41. The number of sulfonamides is 1. The molecule has 0 aliphatic carbocycles. The first-order valence-corrected chi connectivity index (χ1v) is 8.60. The number of carbonyl (C=O) groups is 1. The maximum Gasteiger partial charge on any atom is 0.220 e. The maximum atomic E-state index is 11.5. The Bertz CT molecular complexity index is 517. The Balaban J connectivity index is 2.04. The van der Waals surface area contributed by atoms with Crippen molar-refractivity contribution in [2.24, 2.45) is 0 Å². The molecule has 0 heterocycles. The minimum atomic E-state index is -3.19. The van der Waals surface area contributed by atoms with Gasteiger partial charge in [-0.05, 0) is 25.5 Å². The fourth-order valence-corrected chi connectivity index (χ4v) is 2.16. The average Bonchev–Trinajstić information content (AvgIpc) is 2.49. The van der Waals surface area contributed by atoms with Crippen LogP contribution in [0.2, 0.25) is 0 Å². The van der Waals surface area contributed by atoms with Gasteiger partial charge in [-0.25, -0.2) is 13.1 Å². The van der Waals surface area contributed by atoms with Gasteiger partial charge in [-0.3, -0.25) is 4.79 Å². The van der Waals surface area contributed by atoms with Crippen molar-refractivity contribution in [2.45, 2.75) is 19.8 Å². The first-order valence-electron chi connectivity index (χ1n) is 6.95. The standard InChI is InChI=1S/C14H22N2O4S/c1-2-21(18,19)16-11-10-15-14(17)9-6-12-20-13-7-4-3-5-8-13/h3-5,7-8,16H,2,6,9-12H2,1H3,(H,15,17). The van der Waals surface area contributed by atoms with Crippen molar-refractivity contribution in [3.8, 4) is 5.75 Å². The molecule has 0 atom stereocenters. The molecule has 0 bridgehead atoms. The van der Waals surface area contributed by atoms with Gasteiger partial charge in [-0.15, -0.1) is 0 Å². The van der Waals surface area contributed by atoms with Crippen molar-refractivity contribution in [1.29, 1.82) is 0 Å². The lowest BCUT2D eigenvalue weighted by molar-refractivity contribution is -0.121. The SMILES string of the molecule is CCS(=O)(=O)NCCNC(=O)CCCOc1ccccc1. The molecule has 0 radical (unpaired) electrons. The molecule has 0 saturated heterocycles. The first kappa shape index (κ1) is 17.5. The molecule has 0 aromatic heterocycles. The summed E-state index contributed by atoms with van der Waals surface area (Å²) in [5.41, 5.74) is 0. The van der Waals surface area contributed by atoms with Crippen LogP contribution in [-0.4, -0.2) is 39.8 Å². The van der Waals surface area contributed by atoms with Crippen molar-refractivity contribution in [2.75, 3.05) is 25.4 Å². The average molecular weight is 314 g/mol. The molecule has 2 N–H and O–H groups in total. The van der Waals surface area contributed by atoms with E-state index in [1.165, 1.54) is 0 Å². The fourth-order valence-electron chi connectivity index (χ4n) is 1.54. The van der Waals surface area contributed by atoms with Crippen LogP contribution in [0.25, 0.3) is 0 Å². The largest absolute Gasteiger partial charge is 0.494 e. The van der Waals surface area contributed by atoms with Crippen molar-refractivity contribution in [1.82, 2.24) is 10.0 Å². The van der Waals surface area contributed by atoms with Gasteiger partial charge >= 0.3 is 0 Å². The zero-order valence-electron chi connectivity index (χ0n) is 12.2. The highest BCUT2D eigenvalue weighted by molar-refractivity contribution is 7.89. The maximum absolute atomic E-state index is 11.5. The van der Waals surface area contributed by atoms with E-state index in [1.807, 2.05) is 30.3 Å². The number of hydrogen-bond donors (Lipinski definition) is 2. The van der Waals surface area contributed by atoms with E-state index in [2.05, 4.69) is 10.0 Å². The van der Waals surface area contributed by atoms with Crippen LogP contribution in [0.3, 0.4) is 0 Å². The number of nitrogens with one attached hydrogen (secondary N) is 2. The lowest BCUT2D eigenvalue weighted by atomic mass is 10.3. The summed E-state index contributed by atoms with van der Waals surface area (Å²) in [5, 5.41) is 2.66. The second-order valence-corrected chi connectivity index (χ2v) is 6.51. The molecule has 7 heteroatoms. The van der Waals surface area contributed by atoms with Crippen LogP contribution in [0.1, 0.15) is 19.8 Å². The monoisotopic (exact) mass is 314 g/mol. The molecular formula is C14H22N2O4S. The number of rotatable bonds is 10. The molecule has 6 nitrogen and oxygen atoms in total. The zero-order chi connectivity index (χ0) is 15.6. The van der Waals surface area contributed by atoms with Crippen molar-refractivity contribution in [3.63, 3.8) is 0 Å². The zero-order valence-corrected chi connectivity index (χ0v) is 13.0. The molecule has 0 aliphatic heterocycles. The normalized spacial score (nSPS) is 11.1. The predicted octanol–water partition coefficient (Wildman–Crippen LogP) is 0.901. The van der Waals surface area contributed by atoms with E-state index in [1.54, 1.807) is 6.92 Å². The third-order valence-electron chi connectivity index (χ3n) is 2.71. The molecule has 118 valence electrons. The Hall–Kier alpha value is -1.60. The summed E-state index contributed by atoms with van der Waals surface area (Å²) in [7, 11) is -3.19. The number of para-hydroxylation sites is 1. The summed E-state index contributed by atoms with van der Waals surface area (Å²) < 4.78 is 30.2. The third kappa shape index (κ3) is 8.31. The van der Waals surface area contributed by atoms with Crippen LogP contribution in [0.5, 0.6) is 5.75 Å². The number of ether oxygens (including phenoxy) is 1. The molecule has 0 spiro atoms. The van der Waals surface area contributed by atoms with Gasteiger partial charge in [0.25, 0.3) is 0 Å². The van der Waals surface area contributed by atoms with Gasteiger partial charge in [0.1, 0.15) is 5.75 Å². The summed E-state index contributed by atoms with van der Waals surface area (Å²) in [5.74, 6) is 0.715. The van der Waals surface area contributed by atoms with Crippen LogP contribution in [-0.2, 0) is 14.8 Å². The Labute approximate surface area is 125 Å². The summed E-state index contributed by atoms with van der Waals surface area (Å²) in [6.45, 7) is 2.54. The first-order chi connectivity index (χ1) is 10.0. The fraction of sp³-hybridized carbons (Fsp3) is 0.500. The van der Waals surface area contributed by atoms with E-state index in [4.69, 9.17) is 4.74 Å². The Morgan fingerprint density at radius 1 is 1.19 bits per heavy atom. The molecule has 0 fully saturated rings. The van der Waals surface area contributed by atoms with Crippen LogP contribution < -0.4 is 14.8 Å². The Morgan fingerprint density at radius 2 is 1.90 bits per heavy atom. The molecule has 0 saturated carbocycles.